The quantitative estimate of drug-likeness (QED) is 0.840. The van der Waals surface area contributed by atoms with Gasteiger partial charge in [0.1, 0.15) is 11.6 Å². The van der Waals surface area contributed by atoms with Crippen molar-refractivity contribution >= 4 is 5.69 Å². The third kappa shape index (κ3) is 4.30. The van der Waals surface area contributed by atoms with Crippen molar-refractivity contribution in [2.75, 3.05) is 31.2 Å². The lowest BCUT2D eigenvalue weighted by Gasteiger charge is -2.29. The number of hydrogen-bond acceptors (Lipinski definition) is 4. The first-order valence-electron chi connectivity index (χ1n) is 8.81. The Morgan fingerprint density at radius 2 is 1.96 bits per heavy atom. The Labute approximate surface area is 148 Å². The minimum absolute atomic E-state index is 0.0307. The van der Waals surface area contributed by atoms with E-state index < -0.39 is 0 Å². The van der Waals surface area contributed by atoms with Gasteiger partial charge in [0.15, 0.2) is 0 Å². The number of morpholine rings is 1. The summed E-state index contributed by atoms with van der Waals surface area (Å²) in [5.41, 5.74) is 2.40. The third-order valence-corrected chi connectivity index (χ3v) is 4.64. The molecule has 0 bridgehead atoms. The number of benzene rings is 2. The smallest absolute Gasteiger partial charge is 0.146 e. The monoisotopic (exact) mass is 344 g/mol. The number of phenolic OH excluding ortho intramolecular Hbond substituents is 1. The average molecular weight is 344 g/mol. The van der Waals surface area contributed by atoms with Gasteiger partial charge in [0.2, 0.25) is 0 Å². The summed E-state index contributed by atoms with van der Waals surface area (Å²) in [4.78, 5) is 2.02. The number of phenols is 1. The number of hydrogen-bond donors (Lipinski definition) is 2. The lowest BCUT2D eigenvalue weighted by Crippen LogP contribution is -2.36. The van der Waals surface area contributed by atoms with Crippen LogP contribution in [0.2, 0.25) is 0 Å². The van der Waals surface area contributed by atoms with Crippen LogP contribution in [0.1, 0.15) is 30.5 Å². The van der Waals surface area contributed by atoms with Crippen molar-refractivity contribution in [3.05, 3.63) is 59.4 Å². The lowest BCUT2D eigenvalue weighted by molar-refractivity contribution is 0.122. The van der Waals surface area contributed by atoms with E-state index in [9.17, 15) is 9.50 Å². The van der Waals surface area contributed by atoms with Gasteiger partial charge in [0.05, 0.1) is 18.9 Å². The van der Waals surface area contributed by atoms with Crippen molar-refractivity contribution in [1.29, 1.82) is 0 Å². The molecule has 0 spiro atoms. The number of ether oxygens (including phenoxy) is 1. The zero-order chi connectivity index (χ0) is 17.6. The highest BCUT2D eigenvalue weighted by Crippen LogP contribution is 2.27. The van der Waals surface area contributed by atoms with Gasteiger partial charge >= 0.3 is 0 Å². The lowest BCUT2D eigenvalue weighted by atomic mass is 10.0. The van der Waals surface area contributed by atoms with Gasteiger partial charge in [-0.05, 0) is 30.2 Å². The van der Waals surface area contributed by atoms with Crippen LogP contribution in [0, 0.1) is 5.82 Å². The third-order valence-electron chi connectivity index (χ3n) is 4.64. The van der Waals surface area contributed by atoms with E-state index >= 15 is 0 Å². The minimum Gasteiger partial charge on any atom is -0.508 e. The number of anilines is 1. The number of rotatable bonds is 6. The van der Waals surface area contributed by atoms with E-state index in [0.717, 1.165) is 30.6 Å². The fraction of sp³-hybridized carbons (Fsp3) is 0.400. The largest absolute Gasteiger partial charge is 0.508 e. The first kappa shape index (κ1) is 17.7. The molecule has 0 aromatic heterocycles. The summed E-state index contributed by atoms with van der Waals surface area (Å²) in [6, 6.07) is 12.8. The minimum atomic E-state index is -0.197. The van der Waals surface area contributed by atoms with Crippen molar-refractivity contribution in [3.63, 3.8) is 0 Å². The molecule has 2 aromatic rings. The Morgan fingerprint density at radius 3 is 2.64 bits per heavy atom. The summed E-state index contributed by atoms with van der Waals surface area (Å²) in [6.45, 7) is 5.34. The molecular formula is C20H25FN2O2. The van der Waals surface area contributed by atoms with Gasteiger partial charge in [-0.3, -0.25) is 0 Å². The van der Waals surface area contributed by atoms with Crippen LogP contribution in [0.3, 0.4) is 0 Å². The molecule has 1 saturated heterocycles. The second-order valence-corrected chi connectivity index (χ2v) is 6.29. The van der Waals surface area contributed by atoms with Crippen molar-refractivity contribution in [3.8, 4) is 5.75 Å². The number of nitrogens with zero attached hydrogens (tertiary/aromatic N) is 1. The Bertz CT molecular complexity index is 702. The predicted octanol–water partition coefficient (Wildman–Crippen LogP) is 3.61. The molecule has 5 heteroatoms. The Balaban J connectivity index is 1.66. The summed E-state index contributed by atoms with van der Waals surface area (Å²) >= 11 is 0. The normalized spacial score (nSPS) is 16.0. The molecule has 1 aliphatic rings. The van der Waals surface area contributed by atoms with E-state index in [2.05, 4.69) is 12.2 Å². The zero-order valence-electron chi connectivity index (χ0n) is 14.5. The van der Waals surface area contributed by atoms with E-state index in [1.54, 1.807) is 12.1 Å². The maximum atomic E-state index is 14.5. The fourth-order valence-corrected chi connectivity index (χ4v) is 3.22. The molecule has 25 heavy (non-hydrogen) atoms. The Hall–Kier alpha value is -2.11. The number of nitrogens with one attached hydrogen (secondary N) is 1. The van der Waals surface area contributed by atoms with Crippen LogP contribution in [0.15, 0.2) is 42.5 Å². The molecule has 1 fully saturated rings. The molecule has 4 nitrogen and oxygen atoms in total. The zero-order valence-corrected chi connectivity index (χ0v) is 14.5. The molecule has 0 saturated carbocycles. The SMILES string of the molecule is CC[C@H](NCc1ccc(N2CCOCC2)c(F)c1)c1ccccc1O. The van der Waals surface area contributed by atoms with Gasteiger partial charge in [-0.15, -0.1) is 0 Å². The Kier molecular flexibility index (Phi) is 5.89. The first-order valence-corrected chi connectivity index (χ1v) is 8.81. The van der Waals surface area contributed by atoms with E-state index in [0.29, 0.717) is 25.4 Å². The van der Waals surface area contributed by atoms with Crippen LogP contribution in [0.5, 0.6) is 5.75 Å². The van der Waals surface area contributed by atoms with Gasteiger partial charge in [-0.2, -0.15) is 0 Å². The number of aromatic hydroxyl groups is 1. The maximum Gasteiger partial charge on any atom is 0.146 e. The molecule has 0 unspecified atom stereocenters. The molecular weight excluding hydrogens is 319 g/mol. The van der Waals surface area contributed by atoms with Gasteiger partial charge in [-0.1, -0.05) is 31.2 Å². The van der Waals surface area contributed by atoms with Gasteiger partial charge in [0.25, 0.3) is 0 Å². The highest BCUT2D eigenvalue weighted by molar-refractivity contribution is 5.49. The summed E-state index contributed by atoms with van der Waals surface area (Å²) < 4.78 is 19.8. The molecule has 0 amide bonds. The standard InChI is InChI=1S/C20H25FN2O2/c1-2-18(16-5-3-4-6-20(16)24)22-14-15-7-8-19(17(21)13-15)23-9-11-25-12-10-23/h3-8,13,18,22,24H,2,9-12,14H2,1H3/t18-/m0/s1. The predicted molar refractivity (Wildman–Crippen MR) is 97.4 cm³/mol. The van der Waals surface area contributed by atoms with Crippen molar-refractivity contribution in [2.45, 2.75) is 25.9 Å². The number of para-hydroxylation sites is 1. The van der Waals surface area contributed by atoms with Crippen LogP contribution in [-0.2, 0) is 11.3 Å². The van der Waals surface area contributed by atoms with Gasteiger partial charge in [-0.25, -0.2) is 4.39 Å². The molecule has 2 aromatic carbocycles. The van der Waals surface area contributed by atoms with Gasteiger partial charge < -0.3 is 20.1 Å². The average Bonchev–Trinajstić information content (AvgIpc) is 2.64. The second-order valence-electron chi connectivity index (χ2n) is 6.29. The molecule has 1 atom stereocenters. The van der Waals surface area contributed by atoms with Crippen molar-refractivity contribution in [1.82, 2.24) is 5.32 Å². The van der Waals surface area contributed by atoms with Crippen molar-refractivity contribution in [2.24, 2.45) is 0 Å². The molecule has 3 rings (SSSR count). The van der Waals surface area contributed by atoms with Crippen molar-refractivity contribution < 1.29 is 14.2 Å². The van der Waals surface area contributed by atoms with E-state index in [1.165, 1.54) is 0 Å². The molecule has 0 aliphatic carbocycles. The fourth-order valence-electron chi connectivity index (χ4n) is 3.22. The van der Waals surface area contributed by atoms with Crippen LogP contribution in [0.25, 0.3) is 0 Å². The second kappa shape index (κ2) is 8.32. The van der Waals surface area contributed by atoms with Crippen LogP contribution in [-0.4, -0.2) is 31.4 Å². The highest BCUT2D eigenvalue weighted by atomic mass is 19.1. The summed E-state index contributed by atoms with van der Waals surface area (Å²) in [5.74, 6) is 0.0903. The molecule has 2 N–H and O–H groups in total. The van der Waals surface area contributed by atoms with E-state index in [4.69, 9.17) is 4.74 Å². The molecule has 0 radical (unpaired) electrons. The maximum absolute atomic E-state index is 14.5. The van der Waals surface area contributed by atoms with Crippen LogP contribution < -0.4 is 10.2 Å². The Morgan fingerprint density at radius 1 is 1.20 bits per heavy atom. The highest BCUT2D eigenvalue weighted by Gasteiger charge is 2.16. The number of halogens is 1. The van der Waals surface area contributed by atoms with Crippen LogP contribution >= 0.6 is 0 Å². The summed E-state index contributed by atoms with van der Waals surface area (Å²) in [6.07, 6.45) is 0.839. The molecule has 134 valence electrons. The van der Waals surface area contributed by atoms with E-state index in [-0.39, 0.29) is 17.6 Å². The van der Waals surface area contributed by atoms with Crippen LogP contribution in [0.4, 0.5) is 10.1 Å². The molecule has 1 heterocycles. The summed E-state index contributed by atoms with van der Waals surface area (Å²) in [5, 5.41) is 13.4. The molecule has 1 aliphatic heterocycles. The van der Waals surface area contributed by atoms with E-state index in [1.807, 2.05) is 35.2 Å². The van der Waals surface area contributed by atoms with Gasteiger partial charge in [0, 0.05) is 31.2 Å². The summed E-state index contributed by atoms with van der Waals surface area (Å²) in [7, 11) is 0. The topological polar surface area (TPSA) is 44.7 Å². The first-order chi connectivity index (χ1) is 12.2.